The molecule has 0 aliphatic heterocycles. The Balaban J connectivity index is 0.00000225. The molecule has 130 valence electrons. The largest absolute Gasteiger partial charge is 1.00 e. The average Bonchev–Trinajstić information content (AvgIpc) is 3.10. The van der Waals surface area contributed by atoms with E-state index in [4.69, 9.17) is 9.47 Å². The van der Waals surface area contributed by atoms with E-state index in [-0.39, 0.29) is 29.3 Å². The van der Waals surface area contributed by atoms with E-state index in [9.17, 15) is 4.79 Å². The Morgan fingerprint density at radius 2 is 1.56 bits per heavy atom. The Morgan fingerprint density at radius 1 is 1.00 bits per heavy atom. The molecule has 0 aliphatic rings. The molecule has 0 fully saturated rings. The number of hydrogen-bond donors (Lipinski definition) is 0. The second kappa shape index (κ2) is 8.43. The molecule has 25 heavy (non-hydrogen) atoms. The van der Waals surface area contributed by atoms with Crippen LogP contribution in [-0.2, 0) is 6.54 Å². The molecule has 6 nitrogen and oxygen atoms in total. The smallest absolute Gasteiger partial charge is 0.266 e. The summed E-state index contributed by atoms with van der Waals surface area (Å²) in [6.07, 6.45) is 3.41. The van der Waals surface area contributed by atoms with E-state index in [1.807, 2.05) is 24.3 Å². The van der Waals surface area contributed by atoms with Gasteiger partial charge in [-0.1, -0.05) is 4.68 Å². The fraction of sp³-hybridized carbons (Fsp3) is 0.167. The topological polar surface area (TPSA) is 57.2 Å². The van der Waals surface area contributed by atoms with Gasteiger partial charge >= 0.3 is 0 Å². The standard InChI is InChI=1S/C18H18N3O3.BrH/c1-23-16-7-3-14(4-8-16)18(22)11-20-12-19-21(13-20)15-5-9-17(24-2)10-6-15;/h3-10,12-13H,11H2,1-2H3;1H/q+1;/p-1. The van der Waals surface area contributed by atoms with Crippen molar-refractivity contribution in [2.75, 3.05) is 14.2 Å². The molecule has 1 aromatic heterocycles. The molecule has 0 radical (unpaired) electrons. The molecule has 0 N–H and O–H groups in total. The minimum Gasteiger partial charge on any atom is -1.00 e. The zero-order valence-corrected chi connectivity index (χ0v) is 15.5. The van der Waals surface area contributed by atoms with Crippen LogP contribution in [0.1, 0.15) is 10.4 Å². The van der Waals surface area contributed by atoms with Gasteiger partial charge in [0.1, 0.15) is 23.7 Å². The lowest BCUT2D eigenvalue weighted by molar-refractivity contribution is -0.683. The van der Waals surface area contributed by atoms with E-state index in [2.05, 4.69) is 5.10 Å². The molecule has 0 saturated carbocycles. The predicted molar refractivity (Wildman–Crippen MR) is 87.6 cm³/mol. The van der Waals surface area contributed by atoms with Crippen LogP contribution in [-0.4, -0.2) is 29.8 Å². The van der Waals surface area contributed by atoms with Crippen LogP contribution in [0.4, 0.5) is 0 Å². The summed E-state index contributed by atoms with van der Waals surface area (Å²) in [5, 5.41) is 4.28. The van der Waals surface area contributed by atoms with Crippen LogP contribution in [0.15, 0.2) is 61.2 Å². The summed E-state index contributed by atoms with van der Waals surface area (Å²) in [6.45, 7) is 0.225. The van der Waals surface area contributed by atoms with Gasteiger partial charge in [0, 0.05) is 10.7 Å². The number of hydrogen-bond acceptors (Lipinski definition) is 4. The van der Waals surface area contributed by atoms with Crippen LogP contribution in [0, 0.1) is 0 Å². The predicted octanol–water partition coefficient (Wildman–Crippen LogP) is -0.936. The molecule has 7 heteroatoms. The fourth-order valence-corrected chi connectivity index (χ4v) is 2.31. The molecule has 0 spiro atoms. The van der Waals surface area contributed by atoms with Gasteiger partial charge in [0.15, 0.2) is 5.78 Å². The summed E-state index contributed by atoms with van der Waals surface area (Å²) in [4.78, 5) is 12.3. The molecule has 2 aromatic carbocycles. The number of nitrogens with zero attached hydrogens (tertiary/aromatic N) is 3. The van der Waals surface area contributed by atoms with E-state index < -0.39 is 0 Å². The highest BCUT2D eigenvalue weighted by molar-refractivity contribution is 5.95. The maximum absolute atomic E-state index is 12.3. The second-order valence-corrected chi connectivity index (χ2v) is 5.21. The highest BCUT2D eigenvalue weighted by Gasteiger charge is 2.13. The first-order valence-corrected chi connectivity index (χ1v) is 7.45. The first-order chi connectivity index (χ1) is 11.7. The van der Waals surface area contributed by atoms with Crippen molar-refractivity contribution in [2.45, 2.75) is 6.54 Å². The number of rotatable bonds is 6. The first kappa shape index (κ1) is 18.7. The zero-order chi connectivity index (χ0) is 16.9. The van der Waals surface area contributed by atoms with Gasteiger partial charge in [0.25, 0.3) is 6.33 Å². The van der Waals surface area contributed by atoms with Crippen LogP contribution in [0.25, 0.3) is 5.69 Å². The number of benzene rings is 2. The minimum atomic E-state index is 0. The molecule has 0 unspecified atom stereocenters. The number of carbonyl (C=O) groups is 1. The van der Waals surface area contributed by atoms with Gasteiger partial charge in [0.05, 0.1) is 14.2 Å². The molecular formula is C18H18BrN3O3. The summed E-state index contributed by atoms with van der Waals surface area (Å²) >= 11 is 0. The molecule has 1 heterocycles. The monoisotopic (exact) mass is 403 g/mol. The summed E-state index contributed by atoms with van der Waals surface area (Å²) in [5.41, 5.74) is 1.53. The van der Waals surface area contributed by atoms with Crippen molar-refractivity contribution in [2.24, 2.45) is 0 Å². The SMILES string of the molecule is COc1ccc(C(=O)C[n+]2cnn(-c3ccc(OC)cc3)c2)cc1.[Br-]. The summed E-state index contributed by atoms with van der Waals surface area (Å²) in [7, 11) is 3.22. The van der Waals surface area contributed by atoms with E-state index in [1.165, 1.54) is 0 Å². The Bertz CT molecular complexity index is 830. The lowest BCUT2D eigenvalue weighted by Gasteiger charge is -2.01. The number of halogens is 1. The van der Waals surface area contributed by atoms with Crippen molar-refractivity contribution in [1.82, 2.24) is 9.78 Å². The van der Waals surface area contributed by atoms with Crippen LogP contribution in [0.3, 0.4) is 0 Å². The number of ketones is 1. The normalized spacial score (nSPS) is 10.0. The van der Waals surface area contributed by atoms with Crippen molar-refractivity contribution in [3.05, 3.63) is 66.7 Å². The molecule has 3 aromatic rings. The van der Waals surface area contributed by atoms with Crippen LogP contribution < -0.4 is 31.0 Å². The number of ether oxygens (including phenoxy) is 2. The Labute approximate surface area is 156 Å². The molecule has 0 saturated heterocycles. The third kappa shape index (κ3) is 4.45. The van der Waals surface area contributed by atoms with E-state index in [1.54, 1.807) is 60.4 Å². The number of carbonyl (C=O) groups excluding carboxylic acids is 1. The minimum absolute atomic E-state index is 0. The number of aromatic nitrogens is 3. The van der Waals surface area contributed by atoms with Crippen molar-refractivity contribution in [1.29, 1.82) is 0 Å². The van der Waals surface area contributed by atoms with Gasteiger partial charge in [-0.3, -0.25) is 4.79 Å². The molecule has 0 bridgehead atoms. The highest BCUT2D eigenvalue weighted by atomic mass is 79.9. The van der Waals surface area contributed by atoms with Crippen molar-refractivity contribution in [3.8, 4) is 17.2 Å². The quantitative estimate of drug-likeness (QED) is 0.394. The Kier molecular flexibility index (Phi) is 6.30. The zero-order valence-electron chi connectivity index (χ0n) is 13.9. The van der Waals surface area contributed by atoms with E-state index in [0.717, 1.165) is 17.2 Å². The van der Waals surface area contributed by atoms with Crippen LogP contribution in [0.2, 0.25) is 0 Å². The number of Topliss-reactive ketones (excluding diaryl/α,β-unsaturated/α-hetero) is 1. The molecule has 0 aliphatic carbocycles. The molecule has 0 atom stereocenters. The van der Waals surface area contributed by atoms with Crippen molar-refractivity contribution >= 4 is 5.78 Å². The third-order valence-electron chi connectivity index (χ3n) is 3.66. The van der Waals surface area contributed by atoms with Crippen LogP contribution in [0.5, 0.6) is 11.5 Å². The second-order valence-electron chi connectivity index (χ2n) is 5.21. The summed E-state index contributed by atoms with van der Waals surface area (Å²) < 4.78 is 13.7. The summed E-state index contributed by atoms with van der Waals surface area (Å²) in [6, 6.07) is 14.6. The van der Waals surface area contributed by atoms with Crippen LogP contribution >= 0.6 is 0 Å². The lowest BCUT2D eigenvalue weighted by Crippen LogP contribution is -3.00. The van der Waals surface area contributed by atoms with Gasteiger partial charge in [0.2, 0.25) is 6.33 Å². The van der Waals surface area contributed by atoms with Crippen molar-refractivity contribution < 1.29 is 35.8 Å². The van der Waals surface area contributed by atoms with Gasteiger partial charge in [-0.25, -0.2) is 4.57 Å². The van der Waals surface area contributed by atoms with E-state index >= 15 is 0 Å². The highest BCUT2D eigenvalue weighted by Crippen LogP contribution is 2.14. The number of methoxy groups -OCH3 is 2. The molecule has 0 amide bonds. The molecule has 3 rings (SSSR count). The summed E-state index contributed by atoms with van der Waals surface area (Å²) in [5.74, 6) is 1.52. The van der Waals surface area contributed by atoms with Gasteiger partial charge in [-0.15, -0.1) is 0 Å². The molecular weight excluding hydrogens is 386 g/mol. The van der Waals surface area contributed by atoms with Gasteiger partial charge < -0.3 is 26.5 Å². The van der Waals surface area contributed by atoms with Gasteiger partial charge in [-0.05, 0) is 48.5 Å². The third-order valence-corrected chi connectivity index (χ3v) is 3.66. The van der Waals surface area contributed by atoms with E-state index in [0.29, 0.717) is 5.56 Å². The van der Waals surface area contributed by atoms with Crippen molar-refractivity contribution in [3.63, 3.8) is 0 Å². The Morgan fingerprint density at radius 3 is 2.12 bits per heavy atom. The maximum atomic E-state index is 12.3. The Hall–Kier alpha value is -2.67. The first-order valence-electron chi connectivity index (χ1n) is 7.45. The average molecular weight is 404 g/mol. The maximum Gasteiger partial charge on any atom is 0.266 e. The fourth-order valence-electron chi connectivity index (χ4n) is 2.31. The van der Waals surface area contributed by atoms with Gasteiger partial charge in [-0.2, -0.15) is 0 Å². The lowest BCUT2D eigenvalue weighted by atomic mass is 10.1.